The molecule has 0 unspecified atom stereocenters. The van der Waals surface area contributed by atoms with E-state index >= 15 is 0 Å². The van der Waals surface area contributed by atoms with Crippen molar-refractivity contribution in [2.45, 2.75) is 65.3 Å². The molecule has 0 amide bonds. The average molecular weight is 450 g/mol. The van der Waals surface area contributed by atoms with Gasteiger partial charge in [0.15, 0.2) is 29.7 Å². The third-order valence-corrected chi connectivity index (χ3v) is 4.40. The molecule has 11 nitrogen and oxygen atoms in total. The van der Waals surface area contributed by atoms with Gasteiger partial charge in [0.2, 0.25) is 0 Å². The van der Waals surface area contributed by atoms with Crippen LogP contribution in [0.2, 0.25) is 0 Å². The normalized spacial score (nSPS) is 25.7. The first-order valence-corrected chi connectivity index (χ1v) is 10.0. The largest absolute Gasteiger partial charge is 0.463 e. The quantitative estimate of drug-likeness (QED) is 0.272. The molecule has 0 N–H and O–H groups in total. The van der Waals surface area contributed by atoms with Crippen LogP contribution in [0.25, 0.3) is 0 Å². The molecule has 1 aliphatic heterocycles. The summed E-state index contributed by atoms with van der Waals surface area (Å²) < 4.78 is 32.1. The first-order valence-electron chi connectivity index (χ1n) is 9.06. The van der Waals surface area contributed by atoms with Crippen molar-refractivity contribution in [1.82, 2.24) is 0 Å². The average Bonchev–Trinajstić information content (AvgIpc) is 2.60. The zero-order chi connectivity index (χ0) is 22.8. The molecule has 0 saturated carbocycles. The lowest BCUT2D eigenvalue weighted by molar-refractivity contribution is -0.307. The molecule has 0 aliphatic carbocycles. The molecule has 170 valence electrons. The van der Waals surface area contributed by atoms with Crippen LogP contribution in [0, 0.1) is 0 Å². The highest BCUT2D eigenvalue weighted by Gasteiger charge is 2.52. The molecule has 5 atom stereocenters. The van der Waals surface area contributed by atoms with E-state index in [0.29, 0.717) is 5.75 Å². The Balaban J connectivity index is 3.17. The van der Waals surface area contributed by atoms with Crippen LogP contribution >= 0.6 is 11.8 Å². The molecule has 0 bridgehead atoms. The van der Waals surface area contributed by atoms with Gasteiger partial charge in [0.25, 0.3) is 0 Å². The maximum absolute atomic E-state index is 11.7. The Morgan fingerprint density at radius 2 is 1.30 bits per heavy atom. The Hall–Kier alpha value is -2.18. The van der Waals surface area contributed by atoms with Crippen molar-refractivity contribution in [2.24, 2.45) is 0 Å². The van der Waals surface area contributed by atoms with Crippen molar-refractivity contribution in [2.75, 3.05) is 19.0 Å². The summed E-state index contributed by atoms with van der Waals surface area (Å²) in [4.78, 5) is 57.2. The highest BCUT2D eigenvalue weighted by Crippen LogP contribution is 2.30. The number of carbonyl (C=O) groups is 5. The summed E-state index contributed by atoms with van der Waals surface area (Å²) in [5.41, 5.74) is 0. The SMILES string of the molecule is CC(=O)OC[C@H]1O[C@@H](OCCSC(C)=O)[C@H](OC(C)=O)[C@@H](OC(C)=O)[C@H]1OC(C)=O. The molecule has 0 radical (unpaired) electrons. The molecule has 1 rings (SSSR count). The van der Waals surface area contributed by atoms with Gasteiger partial charge >= 0.3 is 23.9 Å². The minimum Gasteiger partial charge on any atom is -0.463 e. The molecule has 12 heteroatoms. The van der Waals surface area contributed by atoms with Gasteiger partial charge in [0, 0.05) is 40.4 Å². The Kier molecular flexibility index (Phi) is 10.8. The molecule has 1 heterocycles. The van der Waals surface area contributed by atoms with Gasteiger partial charge in [-0.1, -0.05) is 11.8 Å². The Morgan fingerprint density at radius 3 is 1.80 bits per heavy atom. The second-order valence-electron chi connectivity index (χ2n) is 6.28. The highest BCUT2D eigenvalue weighted by molar-refractivity contribution is 8.13. The summed E-state index contributed by atoms with van der Waals surface area (Å²) in [7, 11) is 0. The van der Waals surface area contributed by atoms with Crippen LogP contribution in [0.1, 0.15) is 34.6 Å². The fourth-order valence-electron chi connectivity index (χ4n) is 2.67. The zero-order valence-corrected chi connectivity index (χ0v) is 18.2. The van der Waals surface area contributed by atoms with Crippen LogP contribution in [0.15, 0.2) is 0 Å². The monoisotopic (exact) mass is 450 g/mol. The van der Waals surface area contributed by atoms with Crippen LogP contribution in [0.5, 0.6) is 0 Å². The minimum absolute atomic E-state index is 0.0397. The van der Waals surface area contributed by atoms with E-state index in [1.807, 2.05) is 0 Å². The summed E-state index contributed by atoms with van der Waals surface area (Å²) in [5, 5.41) is -0.111. The molecule has 0 aromatic carbocycles. The second-order valence-corrected chi connectivity index (χ2v) is 7.55. The number of carbonyl (C=O) groups excluding carboxylic acids is 5. The predicted molar refractivity (Wildman–Crippen MR) is 101 cm³/mol. The van der Waals surface area contributed by atoms with Crippen molar-refractivity contribution in [3.05, 3.63) is 0 Å². The van der Waals surface area contributed by atoms with Crippen LogP contribution < -0.4 is 0 Å². The molecule has 0 aromatic heterocycles. The van der Waals surface area contributed by atoms with E-state index in [-0.39, 0.29) is 18.3 Å². The van der Waals surface area contributed by atoms with Gasteiger partial charge in [-0.3, -0.25) is 24.0 Å². The van der Waals surface area contributed by atoms with Crippen LogP contribution in [-0.2, 0) is 52.4 Å². The maximum Gasteiger partial charge on any atom is 0.303 e. The molecular formula is C18H26O11S. The van der Waals surface area contributed by atoms with Gasteiger partial charge in [0.05, 0.1) is 6.61 Å². The lowest BCUT2D eigenvalue weighted by atomic mass is 9.98. The van der Waals surface area contributed by atoms with E-state index in [0.717, 1.165) is 32.5 Å². The molecule has 0 spiro atoms. The maximum atomic E-state index is 11.7. The third kappa shape index (κ3) is 9.09. The second kappa shape index (κ2) is 12.5. The van der Waals surface area contributed by atoms with Gasteiger partial charge < -0.3 is 28.4 Å². The summed E-state index contributed by atoms with van der Waals surface area (Å²) in [6, 6.07) is 0. The van der Waals surface area contributed by atoms with Crippen LogP contribution in [-0.4, -0.2) is 78.7 Å². The first kappa shape index (κ1) is 25.9. The fourth-order valence-corrected chi connectivity index (χ4v) is 3.14. The van der Waals surface area contributed by atoms with E-state index in [9.17, 15) is 24.0 Å². The number of rotatable bonds is 9. The van der Waals surface area contributed by atoms with Crippen LogP contribution in [0.4, 0.5) is 0 Å². The summed E-state index contributed by atoms with van der Waals surface area (Å²) in [5.74, 6) is -2.47. The number of ether oxygens (including phenoxy) is 6. The van der Waals surface area contributed by atoms with Gasteiger partial charge in [-0.25, -0.2) is 0 Å². The Bertz CT molecular complexity index is 650. The minimum atomic E-state index is -1.28. The van der Waals surface area contributed by atoms with Gasteiger partial charge in [0.1, 0.15) is 12.7 Å². The third-order valence-electron chi connectivity index (χ3n) is 3.62. The molecular weight excluding hydrogens is 424 g/mol. The smallest absolute Gasteiger partial charge is 0.303 e. The number of hydrogen-bond donors (Lipinski definition) is 0. The standard InChI is InChI=1S/C18H26O11S/c1-9(19)25-8-14-15(26-10(2)20)16(27-11(3)21)17(28-12(4)22)18(29-14)24-6-7-30-13(5)23/h14-18H,6-8H2,1-5H3/t14-,15+,16+,17-,18-/m1/s1. The molecule has 1 fully saturated rings. The molecule has 30 heavy (non-hydrogen) atoms. The van der Waals surface area contributed by atoms with E-state index < -0.39 is 54.6 Å². The lowest BCUT2D eigenvalue weighted by Gasteiger charge is -2.44. The lowest BCUT2D eigenvalue weighted by Crippen LogP contribution is -2.63. The van der Waals surface area contributed by atoms with Crippen LogP contribution in [0.3, 0.4) is 0 Å². The zero-order valence-electron chi connectivity index (χ0n) is 17.4. The van der Waals surface area contributed by atoms with Crippen molar-refractivity contribution in [3.8, 4) is 0 Å². The van der Waals surface area contributed by atoms with Crippen molar-refractivity contribution < 1.29 is 52.4 Å². The fraction of sp³-hybridized carbons (Fsp3) is 0.722. The number of esters is 4. The molecule has 1 saturated heterocycles. The predicted octanol–water partition coefficient (Wildman–Crippen LogP) is 0.366. The number of thioether (sulfide) groups is 1. The van der Waals surface area contributed by atoms with Crippen molar-refractivity contribution in [1.29, 1.82) is 0 Å². The van der Waals surface area contributed by atoms with Gasteiger partial charge in [-0.15, -0.1) is 0 Å². The Labute approximate surface area is 178 Å². The summed E-state index contributed by atoms with van der Waals surface area (Å²) in [6.07, 6.45) is -6.10. The van der Waals surface area contributed by atoms with Crippen molar-refractivity contribution in [3.63, 3.8) is 0 Å². The van der Waals surface area contributed by atoms with E-state index in [1.54, 1.807) is 0 Å². The van der Waals surface area contributed by atoms with E-state index in [4.69, 9.17) is 28.4 Å². The topological polar surface area (TPSA) is 141 Å². The summed E-state index contributed by atoms with van der Waals surface area (Å²) in [6.45, 7) is 5.69. The summed E-state index contributed by atoms with van der Waals surface area (Å²) >= 11 is 1.02. The highest BCUT2D eigenvalue weighted by atomic mass is 32.2. The number of hydrogen-bond acceptors (Lipinski definition) is 12. The van der Waals surface area contributed by atoms with Gasteiger partial charge in [-0.05, 0) is 0 Å². The van der Waals surface area contributed by atoms with Crippen molar-refractivity contribution >= 4 is 40.8 Å². The van der Waals surface area contributed by atoms with E-state index in [1.165, 1.54) is 13.8 Å². The molecule has 0 aromatic rings. The Morgan fingerprint density at radius 1 is 0.767 bits per heavy atom. The van der Waals surface area contributed by atoms with Gasteiger partial charge in [-0.2, -0.15) is 0 Å². The molecule has 1 aliphatic rings. The first-order chi connectivity index (χ1) is 14.0. The van der Waals surface area contributed by atoms with E-state index in [2.05, 4.69) is 0 Å².